The number of amides is 1. The third kappa shape index (κ3) is 4.82. The second-order valence-electron chi connectivity index (χ2n) is 5.64. The maximum Gasteiger partial charge on any atom is 0.248 e. The molecule has 124 valence electrons. The van der Waals surface area contributed by atoms with E-state index in [9.17, 15) is 4.79 Å². The molecule has 0 aromatic heterocycles. The highest BCUT2D eigenvalue weighted by molar-refractivity contribution is 6.02. The Balaban J connectivity index is 1.70. The van der Waals surface area contributed by atoms with Crippen molar-refractivity contribution in [3.8, 4) is 11.5 Å². The fourth-order valence-corrected chi connectivity index (χ4v) is 2.30. The number of ether oxygens (including phenoxy) is 1. The minimum absolute atomic E-state index is 0.204. The quantitative estimate of drug-likeness (QED) is 0.633. The SMILES string of the molecule is Cc1ccc(/C=C/C(=O)Nc2ccccc2Oc2ccccc2)cc1. The van der Waals surface area contributed by atoms with Crippen molar-refractivity contribution in [3.05, 3.63) is 96.1 Å². The van der Waals surface area contributed by atoms with E-state index in [2.05, 4.69) is 5.32 Å². The molecule has 3 nitrogen and oxygen atoms in total. The maximum atomic E-state index is 12.2. The van der Waals surface area contributed by atoms with Gasteiger partial charge in [0.1, 0.15) is 5.75 Å². The number of hydrogen-bond donors (Lipinski definition) is 1. The van der Waals surface area contributed by atoms with Crippen molar-refractivity contribution in [2.75, 3.05) is 5.32 Å². The number of carbonyl (C=O) groups excluding carboxylic acids is 1. The summed E-state index contributed by atoms with van der Waals surface area (Å²) in [6.07, 6.45) is 3.30. The van der Waals surface area contributed by atoms with Crippen LogP contribution in [0.3, 0.4) is 0 Å². The zero-order valence-electron chi connectivity index (χ0n) is 14.0. The molecule has 1 amide bonds. The zero-order chi connectivity index (χ0) is 17.5. The number of rotatable bonds is 5. The summed E-state index contributed by atoms with van der Waals surface area (Å²) >= 11 is 0. The molecule has 0 aliphatic rings. The molecule has 0 bridgehead atoms. The average Bonchev–Trinajstić information content (AvgIpc) is 2.64. The molecule has 0 aliphatic carbocycles. The number of nitrogens with one attached hydrogen (secondary N) is 1. The van der Waals surface area contributed by atoms with Gasteiger partial charge in [0.25, 0.3) is 0 Å². The maximum absolute atomic E-state index is 12.2. The summed E-state index contributed by atoms with van der Waals surface area (Å²) in [4.78, 5) is 12.2. The van der Waals surface area contributed by atoms with Gasteiger partial charge in [0.15, 0.2) is 5.75 Å². The highest BCUT2D eigenvalue weighted by Gasteiger charge is 2.06. The Hall–Kier alpha value is -3.33. The van der Waals surface area contributed by atoms with E-state index in [1.54, 1.807) is 6.08 Å². The van der Waals surface area contributed by atoms with Crippen LogP contribution in [0.15, 0.2) is 84.9 Å². The van der Waals surface area contributed by atoms with Gasteiger partial charge in [-0.15, -0.1) is 0 Å². The summed E-state index contributed by atoms with van der Waals surface area (Å²) in [5.74, 6) is 1.12. The van der Waals surface area contributed by atoms with Crippen molar-refractivity contribution < 1.29 is 9.53 Å². The second-order valence-corrected chi connectivity index (χ2v) is 5.64. The summed E-state index contributed by atoms with van der Waals surface area (Å²) in [5, 5.41) is 2.86. The molecule has 3 aromatic carbocycles. The minimum atomic E-state index is -0.204. The summed E-state index contributed by atoms with van der Waals surface area (Å²) in [6, 6.07) is 24.8. The molecule has 0 aliphatic heterocycles. The van der Waals surface area contributed by atoms with Crippen LogP contribution in [0.2, 0.25) is 0 Å². The Morgan fingerprint density at radius 3 is 2.32 bits per heavy atom. The van der Waals surface area contributed by atoms with Crippen molar-refractivity contribution in [1.29, 1.82) is 0 Å². The van der Waals surface area contributed by atoms with E-state index < -0.39 is 0 Å². The van der Waals surface area contributed by atoms with Crippen LogP contribution in [0.5, 0.6) is 11.5 Å². The molecule has 0 radical (unpaired) electrons. The van der Waals surface area contributed by atoms with Gasteiger partial charge in [-0.2, -0.15) is 0 Å². The van der Waals surface area contributed by atoms with E-state index >= 15 is 0 Å². The molecule has 0 heterocycles. The molecule has 1 N–H and O–H groups in total. The van der Waals surface area contributed by atoms with Crippen molar-refractivity contribution in [2.45, 2.75) is 6.92 Å². The van der Waals surface area contributed by atoms with Crippen molar-refractivity contribution in [3.63, 3.8) is 0 Å². The molecule has 0 fully saturated rings. The summed E-state index contributed by atoms with van der Waals surface area (Å²) < 4.78 is 5.85. The van der Waals surface area contributed by atoms with E-state index in [1.165, 1.54) is 11.6 Å². The molecular formula is C22H19NO2. The number of anilines is 1. The number of hydrogen-bond acceptors (Lipinski definition) is 2. The van der Waals surface area contributed by atoms with Crippen molar-refractivity contribution in [1.82, 2.24) is 0 Å². The molecule has 3 aromatic rings. The highest BCUT2D eigenvalue weighted by Crippen LogP contribution is 2.29. The van der Waals surface area contributed by atoms with Gasteiger partial charge in [0, 0.05) is 6.08 Å². The predicted molar refractivity (Wildman–Crippen MR) is 102 cm³/mol. The Morgan fingerprint density at radius 1 is 0.880 bits per heavy atom. The zero-order valence-corrected chi connectivity index (χ0v) is 14.0. The van der Waals surface area contributed by atoms with Crippen LogP contribution in [-0.2, 0) is 4.79 Å². The number of carbonyl (C=O) groups is 1. The third-order valence-corrected chi connectivity index (χ3v) is 3.62. The Kier molecular flexibility index (Phi) is 5.27. The van der Waals surface area contributed by atoms with Crippen LogP contribution in [-0.4, -0.2) is 5.91 Å². The van der Waals surface area contributed by atoms with Crippen LogP contribution in [0.4, 0.5) is 5.69 Å². The van der Waals surface area contributed by atoms with Crippen molar-refractivity contribution in [2.24, 2.45) is 0 Å². The Morgan fingerprint density at radius 2 is 1.56 bits per heavy atom. The molecule has 0 saturated carbocycles. The standard InChI is InChI=1S/C22H19NO2/c1-17-11-13-18(14-12-17)15-16-22(24)23-20-9-5-6-10-21(20)25-19-7-3-2-4-8-19/h2-16H,1H3,(H,23,24)/b16-15+. The van der Waals surface area contributed by atoms with Crippen LogP contribution in [0.25, 0.3) is 6.08 Å². The number of aryl methyl sites for hydroxylation is 1. The fraction of sp³-hybridized carbons (Fsp3) is 0.0455. The largest absolute Gasteiger partial charge is 0.455 e. The van der Waals surface area contributed by atoms with E-state index in [0.717, 1.165) is 11.3 Å². The predicted octanol–water partition coefficient (Wildman–Crippen LogP) is 5.44. The minimum Gasteiger partial charge on any atom is -0.455 e. The highest BCUT2D eigenvalue weighted by atomic mass is 16.5. The van der Waals surface area contributed by atoms with Gasteiger partial charge < -0.3 is 10.1 Å². The van der Waals surface area contributed by atoms with E-state index in [0.29, 0.717) is 11.4 Å². The molecule has 0 spiro atoms. The van der Waals surface area contributed by atoms with Gasteiger partial charge in [-0.25, -0.2) is 0 Å². The van der Waals surface area contributed by atoms with Gasteiger partial charge in [0.05, 0.1) is 5.69 Å². The van der Waals surface area contributed by atoms with Crippen LogP contribution in [0.1, 0.15) is 11.1 Å². The van der Waals surface area contributed by atoms with Gasteiger partial charge in [0.2, 0.25) is 5.91 Å². The fourth-order valence-electron chi connectivity index (χ4n) is 2.30. The lowest BCUT2D eigenvalue weighted by atomic mass is 10.1. The summed E-state index contributed by atoms with van der Waals surface area (Å²) in [6.45, 7) is 2.03. The molecule has 0 atom stereocenters. The van der Waals surface area contributed by atoms with Gasteiger partial charge >= 0.3 is 0 Å². The monoisotopic (exact) mass is 329 g/mol. The Labute approximate surface area is 147 Å². The summed E-state index contributed by atoms with van der Waals surface area (Å²) in [7, 11) is 0. The van der Waals surface area contributed by atoms with Crippen molar-refractivity contribution >= 4 is 17.7 Å². The first-order valence-corrected chi connectivity index (χ1v) is 8.08. The lowest BCUT2D eigenvalue weighted by Crippen LogP contribution is -2.08. The topological polar surface area (TPSA) is 38.3 Å². The van der Waals surface area contributed by atoms with E-state index in [-0.39, 0.29) is 5.91 Å². The van der Waals surface area contributed by atoms with Gasteiger partial charge in [-0.05, 0) is 42.8 Å². The molecule has 3 rings (SSSR count). The molecule has 25 heavy (non-hydrogen) atoms. The smallest absolute Gasteiger partial charge is 0.248 e. The normalized spacial score (nSPS) is 10.6. The first kappa shape index (κ1) is 16.5. The van der Waals surface area contributed by atoms with Crippen LogP contribution < -0.4 is 10.1 Å². The molecular weight excluding hydrogens is 310 g/mol. The second kappa shape index (κ2) is 7.97. The van der Waals surface area contributed by atoms with E-state index in [4.69, 9.17) is 4.74 Å². The first-order chi connectivity index (χ1) is 12.2. The van der Waals surface area contributed by atoms with Gasteiger partial charge in [-0.1, -0.05) is 60.2 Å². The van der Waals surface area contributed by atoms with Crippen LogP contribution in [0, 0.1) is 6.92 Å². The number of benzene rings is 3. The van der Waals surface area contributed by atoms with Gasteiger partial charge in [-0.3, -0.25) is 4.79 Å². The molecule has 0 unspecified atom stereocenters. The molecule has 0 saturated heterocycles. The summed E-state index contributed by atoms with van der Waals surface area (Å²) in [5.41, 5.74) is 2.80. The first-order valence-electron chi connectivity index (χ1n) is 8.08. The average molecular weight is 329 g/mol. The Bertz CT molecular complexity index is 868. The lowest BCUT2D eigenvalue weighted by Gasteiger charge is -2.11. The van der Waals surface area contributed by atoms with Crippen LogP contribution >= 0.6 is 0 Å². The lowest BCUT2D eigenvalue weighted by molar-refractivity contribution is -0.111. The third-order valence-electron chi connectivity index (χ3n) is 3.62. The molecule has 3 heteroatoms. The van der Waals surface area contributed by atoms with E-state index in [1.807, 2.05) is 85.8 Å². The number of para-hydroxylation sites is 3.